The molecule has 0 N–H and O–H groups in total. The van der Waals surface area contributed by atoms with Crippen molar-refractivity contribution in [1.82, 2.24) is 0 Å². The summed E-state index contributed by atoms with van der Waals surface area (Å²) in [5, 5.41) is 0. The molecule has 25 heavy (non-hydrogen) atoms. The minimum absolute atomic E-state index is 0.923. The third-order valence-electron chi connectivity index (χ3n) is 8.55. The average molecular weight is 337 g/mol. The number of hydrogen-bond acceptors (Lipinski definition) is 0. The maximum absolute atomic E-state index is 3.38. The van der Waals surface area contributed by atoms with E-state index >= 15 is 0 Å². The molecule has 0 aromatic carbocycles. The van der Waals surface area contributed by atoms with E-state index in [0.717, 1.165) is 47.8 Å². The van der Waals surface area contributed by atoms with Gasteiger partial charge in [-0.3, -0.25) is 0 Å². The van der Waals surface area contributed by atoms with Crippen LogP contribution >= 0.6 is 0 Å². The molecule has 7 unspecified atom stereocenters. The molecule has 0 aromatic rings. The highest BCUT2D eigenvalue weighted by Gasteiger charge is 2.56. The minimum Gasteiger partial charge on any atom is -0.125 e. The van der Waals surface area contributed by atoms with E-state index in [9.17, 15) is 0 Å². The maximum Gasteiger partial charge on any atom is -0.00901 e. The van der Waals surface area contributed by atoms with Crippen LogP contribution in [0.4, 0.5) is 0 Å². The van der Waals surface area contributed by atoms with Gasteiger partial charge in [-0.25, -0.2) is 0 Å². The number of hydrogen-bond donors (Lipinski definition) is 0. The Kier molecular flexibility index (Phi) is 4.85. The molecule has 0 spiro atoms. The molecule has 0 heterocycles. The Hall–Kier alpha value is -1.00. The topological polar surface area (TPSA) is 0 Å². The number of rotatable bonds is 3. The Bertz CT molecular complexity index is 639. The summed E-state index contributed by atoms with van der Waals surface area (Å²) < 4.78 is 0. The summed E-state index contributed by atoms with van der Waals surface area (Å²) in [7, 11) is 0. The highest BCUT2D eigenvalue weighted by molar-refractivity contribution is 5.27. The van der Waals surface area contributed by atoms with E-state index in [1.54, 1.807) is 11.1 Å². The first-order chi connectivity index (χ1) is 12.1. The van der Waals surface area contributed by atoms with E-state index in [1.165, 1.54) is 44.1 Å². The second-order valence-electron chi connectivity index (χ2n) is 9.66. The van der Waals surface area contributed by atoms with Gasteiger partial charge in [0.2, 0.25) is 0 Å². The van der Waals surface area contributed by atoms with E-state index < -0.39 is 0 Å². The zero-order valence-electron chi connectivity index (χ0n) is 16.7. The number of fused-ring (bicyclic) bond motifs is 1. The Balaban J connectivity index is 1.49. The van der Waals surface area contributed by atoms with Crippen LogP contribution in [0.25, 0.3) is 0 Å². The van der Waals surface area contributed by atoms with Crippen LogP contribution in [-0.2, 0) is 0 Å². The first-order valence-corrected chi connectivity index (χ1v) is 10.8. The Morgan fingerprint density at radius 3 is 2.56 bits per heavy atom. The van der Waals surface area contributed by atoms with Crippen LogP contribution in [0.15, 0.2) is 40.7 Å². The molecule has 0 aromatic heterocycles. The fourth-order valence-electron chi connectivity index (χ4n) is 6.19. The van der Waals surface area contributed by atoms with Crippen LogP contribution in [0.5, 0.6) is 0 Å². The van der Waals surface area contributed by atoms with Gasteiger partial charge in [0.25, 0.3) is 0 Å². The molecular formula is C25H36. The predicted molar refractivity (Wildman–Crippen MR) is 107 cm³/mol. The lowest BCUT2D eigenvalue weighted by molar-refractivity contribution is -0.108. The highest BCUT2D eigenvalue weighted by Crippen LogP contribution is 2.64. The van der Waals surface area contributed by atoms with E-state index in [-0.39, 0.29) is 0 Å². The zero-order chi connectivity index (χ0) is 17.6. The normalized spacial score (nSPS) is 43.5. The summed E-state index contributed by atoms with van der Waals surface area (Å²) in [4.78, 5) is 0. The van der Waals surface area contributed by atoms with Gasteiger partial charge in [0.15, 0.2) is 0 Å². The third kappa shape index (κ3) is 3.12. The molecule has 0 saturated heterocycles. The van der Waals surface area contributed by atoms with Gasteiger partial charge in [0.1, 0.15) is 0 Å². The SMILES string of the molecule is CC1=C(C)CCC(C2C3CCC3C2CC2CC(C)C2C)=CCC=C=C1. The summed E-state index contributed by atoms with van der Waals surface area (Å²) >= 11 is 0. The van der Waals surface area contributed by atoms with E-state index in [4.69, 9.17) is 0 Å². The van der Waals surface area contributed by atoms with Gasteiger partial charge in [-0.1, -0.05) is 31.1 Å². The second-order valence-corrected chi connectivity index (χ2v) is 9.66. The van der Waals surface area contributed by atoms with Gasteiger partial charge in [0.05, 0.1) is 0 Å². The zero-order valence-corrected chi connectivity index (χ0v) is 16.7. The van der Waals surface area contributed by atoms with Crippen molar-refractivity contribution in [1.29, 1.82) is 0 Å². The predicted octanol–water partition coefficient (Wildman–Crippen LogP) is 7.10. The Morgan fingerprint density at radius 2 is 1.88 bits per heavy atom. The fourth-order valence-corrected chi connectivity index (χ4v) is 6.19. The van der Waals surface area contributed by atoms with Crippen molar-refractivity contribution in [2.75, 3.05) is 0 Å². The smallest absolute Gasteiger partial charge is 0.00901 e. The molecule has 4 aliphatic carbocycles. The van der Waals surface area contributed by atoms with E-state index in [2.05, 4.69) is 51.7 Å². The van der Waals surface area contributed by atoms with Crippen LogP contribution in [0, 0.1) is 41.4 Å². The van der Waals surface area contributed by atoms with Crippen molar-refractivity contribution in [2.45, 2.75) is 72.6 Å². The molecule has 3 fully saturated rings. The first-order valence-electron chi connectivity index (χ1n) is 10.8. The van der Waals surface area contributed by atoms with Gasteiger partial charge in [-0.05, 0) is 118 Å². The van der Waals surface area contributed by atoms with Gasteiger partial charge in [0, 0.05) is 0 Å². The van der Waals surface area contributed by atoms with Crippen molar-refractivity contribution in [3.63, 3.8) is 0 Å². The summed E-state index contributed by atoms with van der Waals surface area (Å²) in [5.41, 5.74) is 8.16. The van der Waals surface area contributed by atoms with Crippen molar-refractivity contribution >= 4 is 0 Å². The van der Waals surface area contributed by atoms with Crippen molar-refractivity contribution < 1.29 is 0 Å². The standard InChI is InChI=1S/C25H36/c1-16-8-6-5-7-9-20(11-10-17(16)2)25-23-13-12-22(23)24(25)15-21-14-18(3)19(21)4/h5,8-9,18-19,21-25H,7,10-15H2,1-4H3. The quantitative estimate of drug-likeness (QED) is 0.381. The lowest BCUT2D eigenvalue weighted by Crippen LogP contribution is -2.55. The van der Waals surface area contributed by atoms with Crippen LogP contribution < -0.4 is 0 Å². The summed E-state index contributed by atoms with van der Waals surface area (Å²) in [6, 6.07) is 0. The monoisotopic (exact) mass is 336 g/mol. The lowest BCUT2D eigenvalue weighted by Gasteiger charge is -2.62. The summed E-state index contributed by atoms with van der Waals surface area (Å²) in [6.07, 6.45) is 16.6. The molecule has 4 rings (SSSR count). The van der Waals surface area contributed by atoms with Crippen molar-refractivity contribution in [3.8, 4) is 0 Å². The van der Waals surface area contributed by atoms with Gasteiger partial charge in [-0.15, -0.1) is 5.73 Å². The van der Waals surface area contributed by atoms with Crippen LogP contribution in [-0.4, -0.2) is 0 Å². The van der Waals surface area contributed by atoms with Gasteiger partial charge in [-0.2, -0.15) is 0 Å². The Morgan fingerprint density at radius 1 is 1.08 bits per heavy atom. The molecule has 0 heteroatoms. The lowest BCUT2D eigenvalue weighted by atomic mass is 9.42. The minimum atomic E-state index is 0.923. The first kappa shape index (κ1) is 17.4. The molecule has 0 amide bonds. The van der Waals surface area contributed by atoms with Crippen LogP contribution in [0.1, 0.15) is 72.6 Å². The van der Waals surface area contributed by atoms with E-state index in [1.807, 2.05) is 0 Å². The average Bonchev–Trinajstić information content (AvgIpc) is 2.59. The molecule has 136 valence electrons. The third-order valence-corrected chi connectivity index (χ3v) is 8.55. The Labute approximate surface area is 155 Å². The second kappa shape index (κ2) is 6.96. The van der Waals surface area contributed by atoms with Crippen molar-refractivity contribution in [2.24, 2.45) is 41.4 Å². The summed E-state index contributed by atoms with van der Waals surface area (Å²) in [5.74, 6) is 7.02. The fraction of sp³-hybridized carbons (Fsp3) is 0.720. The molecule has 7 atom stereocenters. The van der Waals surface area contributed by atoms with Gasteiger partial charge >= 0.3 is 0 Å². The molecule has 3 saturated carbocycles. The van der Waals surface area contributed by atoms with Crippen LogP contribution in [0.2, 0.25) is 0 Å². The number of allylic oxidation sites excluding steroid dienone is 5. The molecule has 0 aliphatic heterocycles. The van der Waals surface area contributed by atoms with E-state index in [0.29, 0.717) is 0 Å². The maximum atomic E-state index is 3.38. The molecular weight excluding hydrogens is 300 g/mol. The molecule has 0 bridgehead atoms. The molecule has 0 nitrogen and oxygen atoms in total. The van der Waals surface area contributed by atoms with Gasteiger partial charge < -0.3 is 0 Å². The highest BCUT2D eigenvalue weighted by atomic mass is 14.6. The largest absolute Gasteiger partial charge is 0.125 e. The molecule has 0 radical (unpaired) electrons. The molecule has 4 aliphatic rings. The summed E-state index contributed by atoms with van der Waals surface area (Å²) in [6.45, 7) is 9.51. The van der Waals surface area contributed by atoms with Crippen LogP contribution in [0.3, 0.4) is 0 Å². The van der Waals surface area contributed by atoms with Crippen molar-refractivity contribution in [3.05, 3.63) is 40.7 Å².